The molecule has 3 rings (SSSR count). The van der Waals surface area contributed by atoms with Crippen molar-refractivity contribution in [1.82, 2.24) is 15.1 Å². The lowest BCUT2D eigenvalue weighted by atomic mass is 9.87. The van der Waals surface area contributed by atoms with Gasteiger partial charge in [-0.25, -0.2) is 0 Å². The van der Waals surface area contributed by atoms with Crippen LogP contribution < -0.4 is 0 Å². The van der Waals surface area contributed by atoms with Crippen molar-refractivity contribution in [3.05, 3.63) is 65.7 Å². The van der Waals surface area contributed by atoms with Gasteiger partial charge in [-0.05, 0) is 42.5 Å². The van der Waals surface area contributed by atoms with E-state index in [4.69, 9.17) is 4.42 Å². The highest BCUT2D eigenvalue weighted by atomic mass is 32.2. The Morgan fingerprint density at radius 3 is 2.33 bits per heavy atom. The fourth-order valence-electron chi connectivity index (χ4n) is 3.09. The molecular formula is C24H29N3O2S. The van der Waals surface area contributed by atoms with E-state index in [0.29, 0.717) is 24.2 Å². The topological polar surface area (TPSA) is 59.2 Å². The molecule has 0 fully saturated rings. The number of hydrogen-bond donors (Lipinski definition) is 0. The monoisotopic (exact) mass is 423 g/mol. The van der Waals surface area contributed by atoms with Crippen LogP contribution in [0.4, 0.5) is 0 Å². The van der Waals surface area contributed by atoms with Gasteiger partial charge in [0.1, 0.15) is 0 Å². The van der Waals surface area contributed by atoms with Gasteiger partial charge in [0.15, 0.2) is 0 Å². The molecule has 0 aliphatic rings. The Morgan fingerprint density at radius 1 is 1.07 bits per heavy atom. The van der Waals surface area contributed by atoms with E-state index in [0.717, 1.165) is 11.1 Å². The average Bonchev–Trinajstić information content (AvgIpc) is 3.20. The van der Waals surface area contributed by atoms with Crippen LogP contribution in [-0.4, -0.2) is 32.8 Å². The van der Waals surface area contributed by atoms with Gasteiger partial charge in [0.2, 0.25) is 11.8 Å². The maximum absolute atomic E-state index is 12.9. The number of hydrogen-bond acceptors (Lipinski definition) is 5. The van der Waals surface area contributed by atoms with Gasteiger partial charge in [-0.1, -0.05) is 75.0 Å². The fraction of sp³-hybridized carbons (Fsp3) is 0.375. The summed E-state index contributed by atoms with van der Waals surface area (Å²) in [6.45, 7) is 11.6. The Kier molecular flexibility index (Phi) is 6.98. The molecule has 0 N–H and O–H groups in total. The minimum Gasteiger partial charge on any atom is -0.411 e. The highest BCUT2D eigenvalue weighted by Gasteiger charge is 2.23. The molecule has 2 aromatic carbocycles. The normalized spacial score (nSPS) is 12.6. The number of carbonyl (C=O) groups excluding carboxylic acids is 1. The molecule has 0 bridgehead atoms. The predicted octanol–water partition coefficient (Wildman–Crippen LogP) is 5.56. The number of amides is 1. The molecule has 1 heterocycles. The van der Waals surface area contributed by atoms with Crippen LogP contribution in [0.2, 0.25) is 0 Å². The van der Waals surface area contributed by atoms with Gasteiger partial charge in [0.25, 0.3) is 5.22 Å². The standard InChI is InChI=1S/C24H29N3O2S/c1-6-27(16-18-10-8-7-9-11-18)22(28)17(2)30-23-26-25-21(29-23)19-12-14-20(15-13-19)24(3,4)5/h7-15,17H,6,16H2,1-5H3. The van der Waals surface area contributed by atoms with Crippen molar-refractivity contribution in [1.29, 1.82) is 0 Å². The smallest absolute Gasteiger partial charge is 0.277 e. The Hall–Kier alpha value is -2.60. The molecular weight excluding hydrogens is 394 g/mol. The number of thioether (sulfide) groups is 1. The van der Waals surface area contributed by atoms with Crippen LogP contribution in [0.3, 0.4) is 0 Å². The van der Waals surface area contributed by atoms with Gasteiger partial charge in [0, 0.05) is 18.7 Å². The van der Waals surface area contributed by atoms with Gasteiger partial charge in [-0.2, -0.15) is 0 Å². The molecule has 1 amide bonds. The third kappa shape index (κ3) is 5.51. The summed E-state index contributed by atoms with van der Waals surface area (Å²) < 4.78 is 5.82. The Bertz CT molecular complexity index is 962. The minimum absolute atomic E-state index is 0.0561. The molecule has 0 radical (unpaired) electrons. The first-order valence-corrected chi connectivity index (χ1v) is 11.1. The first-order valence-electron chi connectivity index (χ1n) is 10.2. The Labute approximate surface area is 182 Å². The minimum atomic E-state index is -0.315. The molecule has 1 unspecified atom stereocenters. The SMILES string of the molecule is CCN(Cc1ccccc1)C(=O)C(C)Sc1nnc(-c2ccc(C(C)(C)C)cc2)o1. The lowest BCUT2D eigenvalue weighted by Crippen LogP contribution is -2.35. The van der Waals surface area contributed by atoms with E-state index in [-0.39, 0.29) is 16.6 Å². The van der Waals surface area contributed by atoms with Crippen LogP contribution in [0.1, 0.15) is 45.7 Å². The molecule has 0 saturated heterocycles. The molecule has 6 heteroatoms. The van der Waals surface area contributed by atoms with E-state index >= 15 is 0 Å². The zero-order chi connectivity index (χ0) is 21.7. The fourth-order valence-corrected chi connectivity index (χ4v) is 3.86. The van der Waals surface area contributed by atoms with E-state index in [1.165, 1.54) is 17.3 Å². The Balaban J connectivity index is 1.65. The van der Waals surface area contributed by atoms with E-state index < -0.39 is 0 Å². The lowest BCUT2D eigenvalue weighted by Gasteiger charge is -2.23. The maximum Gasteiger partial charge on any atom is 0.277 e. The molecule has 5 nitrogen and oxygen atoms in total. The number of benzene rings is 2. The van der Waals surface area contributed by atoms with Crippen LogP contribution in [0, 0.1) is 0 Å². The van der Waals surface area contributed by atoms with Gasteiger partial charge in [-0.15, -0.1) is 10.2 Å². The number of carbonyl (C=O) groups is 1. The highest BCUT2D eigenvalue weighted by molar-refractivity contribution is 8.00. The lowest BCUT2D eigenvalue weighted by molar-refractivity contribution is -0.130. The first-order chi connectivity index (χ1) is 14.3. The van der Waals surface area contributed by atoms with E-state index in [9.17, 15) is 4.79 Å². The van der Waals surface area contributed by atoms with Crippen molar-refractivity contribution < 1.29 is 9.21 Å². The van der Waals surface area contributed by atoms with E-state index in [1.54, 1.807) is 0 Å². The molecule has 30 heavy (non-hydrogen) atoms. The third-order valence-electron chi connectivity index (χ3n) is 4.94. The quantitative estimate of drug-likeness (QED) is 0.465. The number of rotatable bonds is 7. The Morgan fingerprint density at radius 2 is 1.73 bits per heavy atom. The van der Waals surface area contributed by atoms with Crippen LogP contribution in [0.15, 0.2) is 64.2 Å². The maximum atomic E-state index is 12.9. The van der Waals surface area contributed by atoms with Crippen molar-refractivity contribution in [3.8, 4) is 11.5 Å². The summed E-state index contributed by atoms with van der Waals surface area (Å²) in [7, 11) is 0. The van der Waals surface area contributed by atoms with Crippen LogP contribution >= 0.6 is 11.8 Å². The molecule has 0 saturated carbocycles. The summed E-state index contributed by atoms with van der Waals surface area (Å²) >= 11 is 1.30. The molecule has 3 aromatic rings. The summed E-state index contributed by atoms with van der Waals surface area (Å²) in [5, 5.41) is 8.38. The second-order valence-electron chi connectivity index (χ2n) is 8.30. The average molecular weight is 424 g/mol. The predicted molar refractivity (Wildman–Crippen MR) is 121 cm³/mol. The van der Waals surface area contributed by atoms with Crippen LogP contribution in [-0.2, 0) is 16.8 Å². The molecule has 0 aliphatic heterocycles. The van der Waals surface area contributed by atoms with Crippen molar-refractivity contribution in [3.63, 3.8) is 0 Å². The molecule has 158 valence electrons. The van der Waals surface area contributed by atoms with Crippen molar-refractivity contribution in [2.75, 3.05) is 6.54 Å². The molecule has 1 atom stereocenters. The summed E-state index contributed by atoms with van der Waals surface area (Å²) in [6.07, 6.45) is 0. The molecule has 1 aromatic heterocycles. The van der Waals surface area contributed by atoms with Crippen molar-refractivity contribution in [2.45, 2.75) is 57.1 Å². The molecule has 0 spiro atoms. The van der Waals surface area contributed by atoms with E-state index in [2.05, 4.69) is 43.1 Å². The summed E-state index contributed by atoms with van der Waals surface area (Å²) in [4.78, 5) is 14.7. The number of aromatic nitrogens is 2. The van der Waals surface area contributed by atoms with E-state index in [1.807, 2.05) is 61.2 Å². The zero-order valence-corrected chi connectivity index (χ0v) is 19.1. The van der Waals surface area contributed by atoms with Gasteiger partial charge >= 0.3 is 0 Å². The summed E-state index contributed by atoms with van der Waals surface area (Å²) in [5.41, 5.74) is 3.33. The van der Waals surface area contributed by atoms with Crippen molar-refractivity contribution >= 4 is 17.7 Å². The summed E-state index contributed by atoms with van der Waals surface area (Å²) in [5.74, 6) is 0.523. The highest BCUT2D eigenvalue weighted by Crippen LogP contribution is 2.29. The zero-order valence-electron chi connectivity index (χ0n) is 18.3. The molecule has 0 aliphatic carbocycles. The van der Waals surface area contributed by atoms with Crippen LogP contribution in [0.25, 0.3) is 11.5 Å². The first kappa shape index (κ1) is 22.1. The second kappa shape index (κ2) is 9.47. The van der Waals surface area contributed by atoms with Crippen LogP contribution in [0.5, 0.6) is 0 Å². The third-order valence-corrected chi connectivity index (χ3v) is 5.86. The van der Waals surface area contributed by atoms with Gasteiger partial charge in [0.05, 0.1) is 5.25 Å². The van der Waals surface area contributed by atoms with Gasteiger partial charge < -0.3 is 9.32 Å². The van der Waals surface area contributed by atoms with Crippen molar-refractivity contribution in [2.24, 2.45) is 0 Å². The second-order valence-corrected chi connectivity index (χ2v) is 9.59. The largest absolute Gasteiger partial charge is 0.411 e. The van der Waals surface area contributed by atoms with Gasteiger partial charge in [-0.3, -0.25) is 4.79 Å². The number of nitrogens with zero attached hydrogens (tertiary/aromatic N) is 3. The summed E-state index contributed by atoms with van der Waals surface area (Å²) in [6, 6.07) is 18.2.